The van der Waals surface area contributed by atoms with E-state index < -0.39 is 0 Å². The van der Waals surface area contributed by atoms with Gasteiger partial charge in [-0.25, -0.2) is 0 Å². The third-order valence-electron chi connectivity index (χ3n) is 5.05. The van der Waals surface area contributed by atoms with Gasteiger partial charge in [0.15, 0.2) is 12.6 Å². The van der Waals surface area contributed by atoms with Gasteiger partial charge in [-0.15, -0.1) is 0 Å². The third-order valence-corrected chi connectivity index (χ3v) is 5.05. The lowest BCUT2D eigenvalue weighted by Gasteiger charge is -2.15. The Morgan fingerprint density at radius 1 is 0.593 bits per heavy atom. The lowest BCUT2D eigenvalue weighted by molar-refractivity contribution is 0.111. The van der Waals surface area contributed by atoms with Gasteiger partial charge in [0.25, 0.3) is 0 Å². The maximum absolute atomic E-state index is 11.5. The molecular weight excluding hydrogens is 340 g/mol. The molecule has 0 amide bonds. The summed E-state index contributed by atoms with van der Waals surface area (Å²) in [5.74, 6) is 1.38. The van der Waals surface area contributed by atoms with Crippen molar-refractivity contribution in [3.05, 3.63) is 71.8 Å². The highest BCUT2D eigenvalue weighted by Crippen LogP contribution is 2.47. The summed E-state index contributed by atoms with van der Waals surface area (Å²) in [5.41, 5.74) is 2.99. The molecule has 0 atom stereocenters. The first-order chi connectivity index (χ1) is 13.3. The van der Waals surface area contributed by atoms with Gasteiger partial charge in [0.05, 0.1) is 0 Å². The van der Waals surface area contributed by atoms with E-state index in [-0.39, 0.29) is 6.79 Å². The van der Waals surface area contributed by atoms with Crippen LogP contribution in [0.4, 0.5) is 0 Å². The van der Waals surface area contributed by atoms with E-state index in [0.717, 1.165) is 45.2 Å². The average Bonchev–Trinajstić information content (AvgIpc) is 2.92. The minimum absolute atomic E-state index is 0.0950. The second kappa shape index (κ2) is 5.95. The number of hydrogen-bond donors (Lipinski definition) is 0. The van der Waals surface area contributed by atoms with E-state index in [1.807, 2.05) is 48.5 Å². The minimum atomic E-state index is 0.0950. The zero-order chi connectivity index (χ0) is 18.4. The van der Waals surface area contributed by atoms with Crippen molar-refractivity contribution >= 4 is 34.1 Å². The van der Waals surface area contributed by atoms with E-state index in [1.54, 1.807) is 12.1 Å². The molecule has 130 valence electrons. The molecule has 1 aliphatic rings. The van der Waals surface area contributed by atoms with Crippen LogP contribution in [0.5, 0.6) is 11.5 Å². The predicted octanol–water partition coefficient (Wildman–Crippen LogP) is 5.01. The fraction of sp³-hybridized carbons (Fsp3) is 0.0435. The van der Waals surface area contributed by atoms with Crippen LogP contribution in [0.1, 0.15) is 20.7 Å². The molecule has 27 heavy (non-hydrogen) atoms. The lowest BCUT2D eigenvalue weighted by Crippen LogP contribution is -2.03. The van der Waals surface area contributed by atoms with Crippen LogP contribution in [0.2, 0.25) is 0 Å². The molecule has 0 unspecified atom stereocenters. The fourth-order valence-electron chi connectivity index (χ4n) is 3.84. The van der Waals surface area contributed by atoms with Crippen LogP contribution in [0.25, 0.3) is 32.7 Å². The molecule has 1 aliphatic heterocycles. The SMILES string of the molecule is O=Cc1cccc2c3c(ccc12)OCOc1ccc2c(C=O)cccc2c1-3. The van der Waals surface area contributed by atoms with Crippen LogP contribution < -0.4 is 9.47 Å². The number of carbonyl (C=O) groups excluding carboxylic acids is 2. The number of hydrogen-bond acceptors (Lipinski definition) is 4. The van der Waals surface area contributed by atoms with Crippen LogP contribution in [-0.4, -0.2) is 19.4 Å². The quantitative estimate of drug-likeness (QED) is 0.475. The molecule has 4 aromatic carbocycles. The molecule has 0 saturated carbocycles. The normalized spacial score (nSPS) is 12.4. The van der Waals surface area contributed by atoms with Crippen molar-refractivity contribution in [3.8, 4) is 22.6 Å². The van der Waals surface area contributed by atoms with Gasteiger partial charge in [-0.1, -0.05) is 36.4 Å². The van der Waals surface area contributed by atoms with Crippen LogP contribution in [0.15, 0.2) is 60.7 Å². The first-order valence-electron chi connectivity index (χ1n) is 8.59. The molecule has 0 saturated heterocycles. The molecule has 0 aromatic heterocycles. The molecule has 0 bridgehead atoms. The molecule has 0 radical (unpaired) electrons. The van der Waals surface area contributed by atoms with E-state index in [2.05, 4.69) is 0 Å². The molecule has 1 heterocycles. The molecule has 0 aliphatic carbocycles. The highest BCUT2D eigenvalue weighted by Gasteiger charge is 2.22. The number of fused-ring (bicyclic) bond motifs is 7. The average molecular weight is 354 g/mol. The van der Waals surface area contributed by atoms with Gasteiger partial charge in [-0.3, -0.25) is 9.59 Å². The van der Waals surface area contributed by atoms with Crippen molar-refractivity contribution in [1.82, 2.24) is 0 Å². The van der Waals surface area contributed by atoms with Crippen LogP contribution in [-0.2, 0) is 0 Å². The highest BCUT2D eigenvalue weighted by molar-refractivity contribution is 6.14. The van der Waals surface area contributed by atoms with Crippen molar-refractivity contribution < 1.29 is 19.1 Å². The summed E-state index contributed by atoms with van der Waals surface area (Å²) in [6, 6.07) is 18.8. The number of benzene rings is 4. The standard InChI is InChI=1S/C23H14O4/c24-11-14-3-1-5-18-16(14)7-9-20-22(18)23-19-6-2-4-15(12-25)17(19)8-10-21(23)27-13-26-20/h1-12H,13H2. The molecule has 4 aromatic rings. The van der Waals surface area contributed by atoms with Crippen LogP contribution in [0, 0.1) is 0 Å². The first-order valence-corrected chi connectivity index (χ1v) is 8.59. The summed E-state index contributed by atoms with van der Waals surface area (Å²) in [7, 11) is 0. The van der Waals surface area contributed by atoms with Gasteiger partial charge in [0.2, 0.25) is 6.79 Å². The van der Waals surface area contributed by atoms with Gasteiger partial charge in [0.1, 0.15) is 11.5 Å². The van der Waals surface area contributed by atoms with Crippen molar-refractivity contribution in [2.24, 2.45) is 0 Å². The summed E-state index contributed by atoms with van der Waals surface area (Å²) >= 11 is 0. The largest absolute Gasteiger partial charge is 0.457 e. The summed E-state index contributed by atoms with van der Waals surface area (Å²) in [5, 5.41) is 3.53. The van der Waals surface area contributed by atoms with Crippen molar-refractivity contribution in [1.29, 1.82) is 0 Å². The van der Waals surface area contributed by atoms with E-state index in [4.69, 9.17) is 9.47 Å². The zero-order valence-electron chi connectivity index (χ0n) is 14.3. The maximum atomic E-state index is 11.5. The van der Waals surface area contributed by atoms with Gasteiger partial charge in [-0.05, 0) is 45.8 Å². The Labute approximate surface area is 154 Å². The second-order valence-corrected chi connectivity index (χ2v) is 6.40. The van der Waals surface area contributed by atoms with Gasteiger partial charge in [-0.2, -0.15) is 0 Å². The molecular formula is C23H14O4. The Hall–Kier alpha value is -3.66. The summed E-state index contributed by atoms with van der Waals surface area (Å²) in [6.45, 7) is 0.0950. The number of carbonyl (C=O) groups is 2. The van der Waals surface area contributed by atoms with E-state index in [1.165, 1.54) is 0 Å². The Kier molecular flexibility index (Phi) is 3.44. The summed E-state index contributed by atoms with van der Waals surface area (Å²) < 4.78 is 11.7. The van der Waals surface area contributed by atoms with Crippen molar-refractivity contribution in [2.75, 3.05) is 6.79 Å². The molecule has 4 heteroatoms. The van der Waals surface area contributed by atoms with Gasteiger partial charge >= 0.3 is 0 Å². The number of aldehydes is 2. The predicted molar refractivity (Wildman–Crippen MR) is 104 cm³/mol. The van der Waals surface area contributed by atoms with Crippen LogP contribution in [0.3, 0.4) is 0 Å². The molecule has 0 N–H and O–H groups in total. The van der Waals surface area contributed by atoms with E-state index in [0.29, 0.717) is 22.6 Å². The third kappa shape index (κ3) is 2.23. The topological polar surface area (TPSA) is 52.6 Å². The number of ether oxygens (including phenoxy) is 2. The number of rotatable bonds is 2. The van der Waals surface area contributed by atoms with Gasteiger partial charge in [0, 0.05) is 22.3 Å². The highest BCUT2D eigenvalue weighted by atomic mass is 16.7. The zero-order valence-corrected chi connectivity index (χ0v) is 14.3. The second-order valence-electron chi connectivity index (χ2n) is 6.40. The smallest absolute Gasteiger partial charge is 0.230 e. The summed E-state index contributed by atoms with van der Waals surface area (Å²) in [6.07, 6.45) is 1.72. The Bertz CT molecular complexity index is 1140. The van der Waals surface area contributed by atoms with Crippen molar-refractivity contribution in [3.63, 3.8) is 0 Å². The minimum Gasteiger partial charge on any atom is -0.457 e. The maximum Gasteiger partial charge on any atom is 0.230 e. The Morgan fingerprint density at radius 3 is 1.52 bits per heavy atom. The molecule has 0 spiro atoms. The molecule has 5 rings (SSSR count). The van der Waals surface area contributed by atoms with Gasteiger partial charge < -0.3 is 9.47 Å². The monoisotopic (exact) mass is 354 g/mol. The first kappa shape index (κ1) is 15.6. The Balaban J connectivity index is 1.99. The summed E-state index contributed by atoms with van der Waals surface area (Å²) in [4.78, 5) is 23.0. The molecule has 0 fully saturated rings. The lowest BCUT2D eigenvalue weighted by atomic mass is 9.90. The van der Waals surface area contributed by atoms with Crippen molar-refractivity contribution in [2.45, 2.75) is 0 Å². The van der Waals surface area contributed by atoms with E-state index in [9.17, 15) is 9.59 Å². The van der Waals surface area contributed by atoms with Crippen LogP contribution >= 0.6 is 0 Å². The molecule has 4 nitrogen and oxygen atoms in total. The Morgan fingerprint density at radius 2 is 1.07 bits per heavy atom. The fourth-order valence-corrected chi connectivity index (χ4v) is 3.84. The van der Waals surface area contributed by atoms with E-state index >= 15 is 0 Å².